The summed E-state index contributed by atoms with van der Waals surface area (Å²) < 4.78 is 1.71. The van der Waals surface area contributed by atoms with Crippen LogP contribution in [0, 0.1) is 11.8 Å². The highest BCUT2D eigenvalue weighted by Crippen LogP contribution is 2.38. The summed E-state index contributed by atoms with van der Waals surface area (Å²) in [5.41, 5.74) is 7.10. The van der Waals surface area contributed by atoms with Gasteiger partial charge in [-0.3, -0.25) is 9.89 Å². The number of nitrogens with zero attached hydrogens (tertiary/aromatic N) is 1. The van der Waals surface area contributed by atoms with Gasteiger partial charge in [-0.1, -0.05) is 13.8 Å². The second-order valence-corrected chi connectivity index (χ2v) is 5.36. The Balaban J connectivity index is 2.28. The molecule has 1 atom stereocenters. The van der Waals surface area contributed by atoms with Gasteiger partial charge in [0.2, 0.25) is 0 Å². The summed E-state index contributed by atoms with van der Waals surface area (Å²) in [6.07, 6.45) is 3.30. The lowest BCUT2D eigenvalue weighted by molar-refractivity contribution is 0.424. The highest BCUT2D eigenvalue weighted by atomic mass is 16.1. The molecular weight excluding hydrogens is 202 g/mol. The van der Waals surface area contributed by atoms with Crippen molar-refractivity contribution in [3.63, 3.8) is 0 Å². The van der Waals surface area contributed by atoms with Gasteiger partial charge in [-0.2, -0.15) is 0 Å². The van der Waals surface area contributed by atoms with Crippen molar-refractivity contribution in [2.75, 3.05) is 5.73 Å². The summed E-state index contributed by atoms with van der Waals surface area (Å²) in [6, 6.07) is 0.260. The van der Waals surface area contributed by atoms with E-state index in [0.29, 0.717) is 17.5 Å². The second-order valence-electron chi connectivity index (χ2n) is 5.36. The van der Waals surface area contributed by atoms with Crippen molar-refractivity contribution in [3.8, 4) is 0 Å². The van der Waals surface area contributed by atoms with Crippen molar-refractivity contribution in [1.29, 1.82) is 0 Å². The van der Waals surface area contributed by atoms with E-state index in [1.54, 1.807) is 4.68 Å². The zero-order chi connectivity index (χ0) is 11.9. The van der Waals surface area contributed by atoms with Crippen molar-refractivity contribution in [1.82, 2.24) is 9.78 Å². The molecule has 0 saturated heterocycles. The standard InChI is InChI=1S/C12H21N3O/c1-7(2)6-10-11(13)12(16)15(14-10)8(3)9-4-5-9/h7-9,14H,4-6,13H2,1-3H3. The van der Waals surface area contributed by atoms with Gasteiger partial charge >= 0.3 is 0 Å². The highest BCUT2D eigenvalue weighted by Gasteiger charge is 2.31. The van der Waals surface area contributed by atoms with E-state index in [9.17, 15) is 4.79 Å². The van der Waals surface area contributed by atoms with Crippen LogP contribution in [0.25, 0.3) is 0 Å². The van der Waals surface area contributed by atoms with Gasteiger partial charge in [0.05, 0.1) is 11.7 Å². The van der Waals surface area contributed by atoms with Gasteiger partial charge < -0.3 is 5.73 Å². The van der Waals surface area contributed by atoms with Crippen LogP contribution in [0.15, 0.2) is 4.79 Å². The first-order valence-corrected chi connectivity index (χ1v) is 6.09. The first-order chi connectivity index (χ1) is 7.50. The number of hydrogen-bond donors (Lipinski definition) is 2. The van der Waals surface area contributed by atoms with Crippen LogP contribution in [-0.4, -0.2) is 9.78 Å². The Morgan fingerprint density at radius 2 is 2.06 bits per heavy atom. The Morgan fingerprint density at radius 3 is 2.56 bits per heavy atom. The van der Waals surface area contributed by atoms with Crippen LogP contribution in [0.4, 0.5) is 5.69 Å². The SMILES string of the molecule is CC(C)Cc1[nH]n(C(C)C2CC2)c(=O)c1N. The fourth-order valence-corrected chi connectivity index (χ4v) is 2.16. The second kappa shape index (κ2) is 4.00. The molecule has 0 radical (unpaired) electrons. The Hall–Kier alpha value is -1.19. The number of H-pyrrole nitrogens is 1. The third-order valence-corrected chi connectivity index (χ3v) is 3.35. The number of rotatable bonds is 4. The van der Waals surface area contributed by atoms with Crippen LogP contribution in [0.1, 0.15) is 45.3 Å². The Morgan fingerprint density at radius 1 is 1.44 bits per heavy atom. The lowest BCUT2D eigenvalue weighted by atomic mass is 10.1. The first-order valence-electron chi connectivity index (χ1n) is 6.09. The van der Waals surface area contributed by atoms with Gasteiger partial charge in [-0.15, -0.1) is 0 Å². The van der Waals surface area contributed by atoms with Crippen molar-refractivity contribution >= 4 is 5.69 Å². The summed E-state index contributed by atoms with van der Waals surface area (Å²) in [5.74, 6) is 1.16. The quantitative estimate of drug-likeness (QED) is 0.819. The fraction of sp³-hybridized carbons (Fsp3) is 0.750. The van der Waals surface area contributed by atoms with Gasteiger partial charge in [-0.05, 0) is 38.0 Å². The molecule has 0 aromatic carbocycles. The molecule has 16 heavy (non-hydrogen) atoms. The molecule has 1 aromatic rings. The largest absolute Gasteiger partial charge is 0.393 e. The van der Waals surface area contributed by atoms with Gasteiger partial charge in [0.1, 0.15) is 5.69 Å². The smallest absolute Gasteiger partial charge is 0.290 e. The van der Waals surface area contributed by atoms with E-state index in [4.69, 9.17) is 5.73 Å². The first kappa shape index (κ1) is 11.3. The average Bonchev–Trinajstić information content (AvgIpc) is 3.00. The Kier molecular flexibility index (Phi) is 2.82. The number of nitrogen functional groups attached to an aromatic ring is 1. The van der Waals surface area contributed by atoms with E-state index in [1.165, 1.54) is 12.8 Å². The van der Waals surface area contributed by atoms with E-state index < -0.39 is 0 Å². The number of nitrogens with two attached hydrogens (primary N) is 1. The zero-order valence-electron chi connectivity index (χ0n) is 10.3. The lowest BCUT2D eigenvalue weighted by Crippen LogP contribution is -2.23. The van der Waals surface area contributed by atoms with Crippen LogP contribution in [-0.2, 0) is 6.42 Å². The van der Waals surface area contributed by atoms with E-state index in [0.717, 1.165) is 12.1 Å². The minimum absolute atomic E-state index is 0.0462. The minimum Gasteiger partial charge on any atom is -0.393 e. The summed E-state index contributed by atoms with van der Waals surface area (Å²) in [7, 11) is 0. The lowest BCUT2D eigenvalue weighted by Gasteiger charge is -2.10. The highest BCUT2D eigenvalue weighted by molar-refractivity contribution is 5.41. The molecule has 0 bridgehead atoms. The molecule has 0 aliphatic heterocycles. The number of aromatic nitrogens is 2. The van der Waals surface area contributed by atoms with Gasteiger partial charge in [0.25, 0.3) is 5.56 Å². The molecule has 1 unspecified atom stereocenters. The van der Waals surface area contributed by atoms with E-state index in [1.807, 2.05) is 0 Å². The zero-order valence-corrected chi connectivity index (χ0v) is 10.3. The predicted molar refractivity (Wildman–Crippen MR) is 65.4 cm³/mol. The number of hydrogen-bond acceptors (Lipinski definition) is 2. The fourth-order valence-electron chi connectivity index (χ4n) is 2.16. The van der Waals surface area contributed by atoms with Gasteiger partial charge in [0, 0.05) is 0 Å². The maximum Gasteiger partial charge on any atom is 0.290 e. The third-order valence-electron chi connectivity index (χ3n) is 3.35. The Bertz CT molecular complexity index is 426. The molecule has 3 N–H and O–H groups in total. The molecule has 1 aliphatic carbocycles. The summed E-state index contributed by atoms with van der Waals surface area (Å²) >= 11 is 0. The third kappa shape index (κ3) is 2.01. The molecule has 0 spiro atoms. The number of aromatic amines is 1. The average molecular weight is 223 g/mol. The van der Waals surface area contributed by atoms with E-state index in [-0.39, 0.29) is 11.6 Å². The molecule has 1 aromatic heterocycles. The molecule has 1 aliphatic rings. The molecule has 4 nitrogen and oxygen atoms in total. The normalized spacial score (nSPS) is 18.0. The monoisotopic (exact) mass is 223 g/mol. The summed E-state index contributed by atoms with van der Waals surface area (Å²) in [6.45, 7) is 6.34. The number of anilines is 1. The van der Waals surface area contributed by atoms with Crippen molar-refractivity contribution in [3.05, 3.63) is 16.0 Å². The topological polar surface area (TPSA) is 63.8 Å². The van der Waals surface area contributed by atoms with Crippen LogP contribution in [0.5, 0.6) is 0 Å². The van der Waals surface area contributed by atoms with E-state index >= 15 is 0 Å². The van der Waals surface area contributed by atoms with Crippen LogP contribution in [0.3, 0.4) is 0 Å². The van der Waals surface area contributed by atoms with E-state index in [2.05, 4.69) is 25.9 Å². The molecule has 1 fully saturated rings. The minimum atomic E-state index is -0.0462. The predicted octanol–water partition coefficient (Wildman–Crippen LogP) is 1.93. The van der Waals surface area contributed by atoms with Crippen molar-refractivity contribution in [2.45, 2.75) is 46.1 Å². The molecule has 1 heterocycles. The molecule has 2 rings (SSSR count). The summed E-state index contributed by atoms with van der Waals surface area (Å²) in [5, 5.41) is 3.18. The van der Waals surface area contributed by atoms with Gasteiger partial charge in [-0.25, -0.2) is 4.68 Å². The molecule has 0 amide bonds. The maximum absolute atomic E-state index is 12.0. The molecule has 1 saturated carbocycles. The summed E-state index contributed by atoms with van der Waals surface area (Å²) in [4.78, 5) is 12.0. The van der Waals surface area contributed by atoms with Gasteiger partial charge in [0.15, 0.2) is 0 Å². The van der Waals surface area contributed by atoms with Crippen molar-refractivity contribution < 1.29 is 0 Å². The van der Waals surface area contributed by atoms with Crippen LogP contribution >= 0.6 is 0 Å². The maximum atomic E-state index is 12.0. The van der Waals surface area contributed by atoms with Crippen LogP contribution < -0.4 is 11.3 Å². The number of nitrogens with one attached hydrogen (secondary N) is 1. The molecule has 90 valence electrons. The molecular formula is C12H21N3O. The molecule has 4 heteroatoms. The van der Waals surface area contributed by atoms with Crippen molar-refractivity contribution in [2.24, 2.45) is 11.8 Å². The van der Waals surface area contributed by atoms with Crippen LogP contribution in [0.2, 0.25) is 0 Å². The Labute approximate surface area is 95.8 Å².